The summed E-state index contributed by atoms with van der Waals surface area (Å²) in [5.41, 5.74) is 2.31. The van der Waals surface area contributed by atoms with Crippen LogP contribution in [0.1, 0.15) is 16.7 Å². The average Bonchev–Trinajstić information content (AvgIpc) is 2.51. The van der Waals surface area contributed by atoms with Crippen LogP contribution in [-0.2, 0) is 19.6 Å². The molecule has 0 aliphatic carbocycles. The van der Waals surface area contributed by atoms with Crippen molar-refractivity contribution in [2.45, 2.75) is 25.7 Å². The van der Waals surface area contributed by atoms with Crippen LogP contribution in [0, 0.1) is 20.8 Å². The predicted molar refractivity (Wildman–Crippen MR) is 90.1 cm³/mol. The van der Waals surface area contributed by atoms with Gasteiger partial charge >= 0.3 is 0 Å². The van der Waals surface area contributed by atoms with Gasteiger partial charge in [-0.25, -0.2) is 13.1 Å². The van der Waals surface area contributed by atoms with Crippen molar-refractivity contribution < 1.29 is 18.0 Å². The standard InChI is InChI=1S/C16H23N3O4S/c1-12-8-13(2)16(14(3)9-12)24(22,23)17-10-15(21)19-6-4-18(11-20)5-7-19/h8-9,11,17H,4-7,10H2,1-3H3. The minimum atomic E-state index is -3.75. The second kappa shape index (κ2) is 7.31. The quantitative estimate of drug-likeness (QED) is 0.766. The monoisotopic (exact) mass is 353 g/mol. The summed E-state index contributed by atoms with van der Waals surface area (Å²) in [7, 11) is -3.75. The highest BCUT2D eigenvalue weighted by Crippen LogP contribution is 2.21. The molecule has 1 N–H and O–H groups in total. The van der Waals surface area contributed by atoms with E-state index in [1.54, 1.807) is 23.6 Å². The van der Waals surface area contributed by atoms with Crippen LogP contribution in [0.4, 0.5) is 0 Å². The molecule has 1 aliphatic heterocycles. The third-order valence-electron chi connectivity index (χ3n) is 4.10. The molecule has 0 saturated carbocycles. The molecule has 1 fully saturated rings. The van der Waals surface area contributed by atoms with Gasteiger partial charge in [0.25, 0.3) is 0 Å². The number of carbonyl (C=O) groups excluding carboxylic acids is 2. The smallest absolute Gasteiger partial charge is 0.241 e. The van der Waals surface area contributed by atoms with Gasteiger partial charge in [0.15, 0.2) is 0 Å². The molecule has 0 spiro atoms. The third-order valence-corrected chi connectivity index (χ3v) is 5.81. The van der Waals surface area contributed by atoms with Gasteiger partial charge in [0.2, 0.25) is 22.3 Å². The van der Waals surface area contributed by atoms with E-state index in [4.69, 9.17) is 0 Å². The van der Waals surface area contributed by atoms with Crippen molar-refractivity contribution in [2.24, 2.45) is 0 Å². The van der Waals surface area contributed by atoms with Crippen LogP contribution >= 0.6 is 0 Å². The van der Waals surface area contributed by atoms with Crippen molar-refractivity contribution in [1.29, 1.82) is 0 Å². The van der Waals surface area contributed by atoms with E-state index in [1.165, 1.54) is 0 Å². The Hall–Kier alpha value is -1.93. The zero-order valence-electron chi connectivity index (χ0n) is 14.2. The van der Waals surface area contributed by atoms with Crippen molar-refractivity contribution >= 4 is 22.3 Å². The second-order valence-corrected chi connectivity index (χ2v) is 7.78. The Morgan fingerprint density at radius 3 is 2.17 bits per heavy atom. The largest absolute Gasteiger partial charge is 0.342 e. The summed E-state index contributed by atoms with van der Waals surface area (Å²) in [6, 6.07) is 3.62. The van der Waals surface area contributed by atoms with Crippen molar-refractivity contribution in [3.8, 4) is 0 Å². The molecule has 0 unspecified atom stereocenters. The number of rotatable bonds is 5. The van der Waals surface area contributed by atoms with E-state index in [0.717, 1.165) is 12.0 Å². The number of nitrogens with one attached hydrogen (secondary N) is 1. The Bertz CT molecular complexity index is 715. The van der Waals surface area contributed by atoms with Crippen LogP contribution in [0.15, 0.2) is 17.0 Å². The van der Waals surface area contributed by atoms with E-state index in [1.807, 2.05) is 19.1 Å². The fraction of sp³-hybridized carbons (Fsp3) is 0.500. The summed E-state index contributed by atoms with van der Waals surface area (Å²) in [4.78, 5) is 26.2. The van der Waals surface area contributed by atoms with Gasteiger partial charge < -0.3 is 9.80 Å². The maximum Gasteiger partial charge on any atom is 0.241 e. The van der Waals surface area contributed by atoms with Crippen molar-refractivity contribution in [1.82, 2.24) is 14.5 Å². The van der Waals surface area contributed by atoms with Crippen molar-refractivity contribution in [2.75, 3.05) is 32.7 Å². The number of carbonyl (C=O) groups is 2. The van der Waals surface area contributed by atoms with Gasteiger partial charge in [-0.3, -0.25) is 9.59 Å². The molecule has 1 saturated heterocycles. The maximum atomic E-state index is 12.5. The van der Waals surface area contributed by atoms with Gasteiger partial charge in [-0.2, -0.15) is 0 Å². The van der Waals surface area contributed by atoms with Gasteiger partial charge in [0.05, 0.1) is 11.4 Å². The lowest BCUT2D eigenvalue weighted by molar-refractivity contribution is -0.134. The Morgan fingerprint density at radius 2 is 1.67 bits per heavy atom. The topological polar surface area (TPSA) is 86.8 Å². The molecule has 24 heavy (non-hydrogen) atoms. The minimum Gasteiger partial charge on any atom is -0.342 e. The van der Waals surface area contributed by atoms with Crippen LogP contribution in [0.25, 0.3) is 0 Å². The highest BCUT2D eigenvalue weighted by Gasteiger charge is 2.24. The fourth-order valence-electron chi connectivity index (χ4n) is 3.01. The van der Waals surface area contributed by atoms with Crippen LogP contribution in [0.2, 0.25) is 0 Å². The molecule has 2 rings (SSSR count). The minimum absolute atomic E-state index is 0.228. The zero-order valence-corrected chi connectivity index (χ0v) is 15.0. The van der Waals surface area contributed by atoms with E-state index in [9.17, 15) is 18.0 Å². The highest BCUT2D eigenvalue weighted by atomic mass is 32.2. The van der Waals surface area contributed by atoms with E-state index < -0.39 is 10.0 Å². The van der Waals surface area contributed by atoms with Gasteiger partial charge in [-0.05, 0) is 31.9 Å². The van der Waals surface area contributed by atoms with Crippen LogP contribution in [0.5, 0.6) is 0 Å². The van der Waals surface area contributed by atoms with Gasteiger partial charge in [-0.1, -0.05) is 17.7 Å². The van der Waals surface area contributed by atoms with Crippen molar-refractivity contribution in [3.63, 3.8) is 0 Å². The average molecular weight is 353 g/mol. The summed E-state index contributed by atoms with van der Waals surface area (Å²) in [5.74, 6) is -0.286. The number of hydrogen-bond donors (Lipinski definition) is 1. The molecular formula is C16H23N3O4S. The SMILES string of the molecule is Cc1cc(C)c(S(=O)(=O)NCC(=O)N2CCN(C=O)CC2)c(C)c1. The predicted octanol–water partition coefficient (Wildman–Crippen LogP) is 0.191. The van der Waals surface area contributed by atoms with E-state index >= 15 is 0 Å². The highest BCUT2D eigenvalue weighted by molar-refractivity contribution is 7.89. The number of hydrogen-bond acceptors (Lipinski definition) is 4. The van der Waals surface area contributed by atoms with Crippen LogP contribution in [-0.4, -0.2) is 63.3 Å². The molecule has 1 aromatic rings. The molecule has 0 aromatic heterocycles. The Labute approximate surface area is 142 Å². The molecule has 8 heteroatoms. The van der Waals surface area contributed by atoms with Gasteiger partial charge in [0.1, 0.15) is 0 Å². The van der Waals surface area contributed by atoms with E-state index in [-0.39, 0.29) is 17.3 Å². The lowest BCUT2D eigenvalue weighted by atomic mass is 10.1. The first-order chi connectivity index (χ1) is 11.2. The second-order valence-electron chi connectivity index (χ2n) is 6.07. The number of piperazine rings is 1. The Morgan fingerprint density at radius 1 is 1.12 bits per heavy atom. The summed E-state index contributed by atoms with van der Waals surface area (Å²) in [6.45, 7) is 6.90. The number of sulfonamides is 1. The van der Waals surface area contributed by atoms with Crippen molar-refractivity contribution in [3.05, 3.63) is 28.8 Å². The number of nitrogens with zero attached hydrogens (tertiary/aromatic N) is 2. The number of aryl methyl sites for hydroxylation is 3. The first kappa shape index (κ1) is 18.4. The summed E-state index contributed by atoms with van der Waals surface area (Å²) >= 11 is 0. The molecule has 0 bridgehead atoms. The summed E-state index contributed by atoms with van der Waals surface area (Å²) < 4.78 is 27.5. The van der Waals surface area contributed by atoms with Crippen LogP contribution in [0.3, 0.4) is 0 Å². The van der Waals surface area contributed by atoms with E-state index in [2.05, 4.69) is 4.72 Å². The molecule has 1 heterocycles. The number of amides is 2. The van der Waals surface area contributed by atoms with Gasteiger partial charge in [0, 0.05) is 26.2 Å². The molecule has 1 aliphatic rings. The Balaban J connectivity index is 2.03. The fourth-order valence-corrected chi connectivity index (χ4v) is 4.43. The normalized spacial score (nSPS) is 15.5. The first-order valence-corrected chi connectivity index (χ1v) is 9.27. The third kappa shape index (κ3) is 4.12. The van der Waals surface area contributed by atoms with E-state index in [0.29, 0.717) is 37.3 Å². The molecule has 2 amide bonds. The summed E-state index contributed by atoms with van der Waals surface area (Å²) in [5, 5.41) is 0. The zero-order chi connectivity index (χ0) is 17.9. The molecule has 0 atom stereocenters. The number of benzene rings is 1. The molecule has 7 nitrogen and oxygen atoms in total. The lowest BCUT2D eigenvalue weighted by Crippen LogP contribution is -2.50. The molecular weight excluding hydrogens is 330 g/mol. The first-order valence-electron chi connectivity index (χ1n) is 7.79. The molecule has 0 radical (unpaired) electrons. The maximum absolute atomic E-state index is 12.5. The van der Waals surface area contributed by atoms with Gasteiger partial charge in [-0.15, -0.1) is 0 Å². The Kier molecular flexibility index (Phi) is 5.61. The molecule has 1 aromatic carbocycles. The molecule has 132 valence electrons. The van der Waals surface area contributed by atoms with Crippen LogP contribution < -0.4 is 4.72 Å². The lowest BCUT2D eigenvalue weighted by Gasteiger charge is -2.32. The summed E-state index contributed by atoms with van der Waals surface area (Å²) in [6.07, 6.45) is 0.757.